The first-order chi connectivity index (χ1) is 14.4. The Kier molecular flexibility index (Phi) is 8.34. The van der Waals surface area contributed by atoms with Crippen molar-refractivity contribution < 1.29 is 57.5 Å². The largest absolute Gasteiger partial charge is 0.756 e. The number of nitrogens with zero attached hydrogens (tertiary/aromatic N) is 1. The lowest BCUT2D eigenvalue weighted by Gasteiger charge is -2.19. The maximum absolute atomic E-state index is 12.2. The number of amides is 1. The minimum Gasteiger partial charge on any atom is -0.756 e. The summed E-state index contributed by atoms with van der Waals surface area (Å²) in [5.74, 6) is -2.82. The van der Waals surface area contributed by atoms with Gasteiger partial charge < -0.3 is 45.5 Å². The molecule has 15 heteroatoms. The number of hydrogen-bond acceptors (Lipinski definition) is 11. The molecule has 0 radical (unpaired) electrons. The highest BCUT2D eigenvalue weighted by Gasteiger charge is 2.48. The van der Waals surface area contributed by atoms with E-state index in [0.717, 1.165) is 6.20 Å². The van der Waals surface area contributed by atoms with Crippen molar-refractivity contribution in [3.05, 3.63) is 30.1 Å². The lowest BCUT2D eigenvalue weighted by atomic mass is 10.1. The van der Waals surface area contributed by atoms with E-state index in [1.54, 1.807) is 0 Å². The summed E-state index contributed by atoms with van der Waals surface area (Å²) in [6, 6.07) is 1.41. The van der Waals surface area contributed by atoms with Crippen LogP contribution in [-0.4, -0.2) is 63.9 Å². The third kappa shape index (κ3) is 7.12. The Labute approximate surface area is 175 Å². The molecule has 0 spiro atoms. The Bertz CT molecular complexity index is 876. The number of aliphatic hydroxyl groups excluding tert-OH is 2. The van der Waals surface area contributed by atoms with Gasteiger partial charge in [-0.3, -0.25) is 9.36 Å². The Morgan fingerprint density at radius 3 is 2.61 bits per heavy atom. The lowest BCUT2D eigenvalue weighted by Crippen LogP contribution is -2.46. The van der Waals surface area contributed by atoms with Gasteiger partial charge in [0.15, 0.2) is 18.5 Å². The molecular weight excluding hydrogens is 441 g/mol. The quantitative estimate of drug-likeness (QED) is 0.103. The van der Waals surface area contributed by atoms with E-state index in [2.05, 4.69) is 9.26 Å². The molecule has 1 aromatic heterocycles. The highest BCUT2D eigenvalue weighted by molar-refractivity contribution is 7.44. The van der Waals surface area contributed by atoms with Crippen molar-refractivity contribution in [2.24, 2.45) is 11.5 Å². The molecule has 1 aromatic rings. The van der Waals surface area contributed by atoms with Gasteiger partial charge in [0.1, 0.15) is 23.8 Å². The van der Waals surface area contributed by atoms with E-state index in [0.29, 0.717) is 0 Å². The zero-order valence-electron chi connectivity index (χ0n) is 16.0. The molecule has 172 valence electrons. The van der Waals surface area contributed by atoms with Gasteiger partial charge in [-0.2, -0.15) is 4.57 Å². The second-order valence-electron chi connectivity index (χ2n) is 6.67. The normalized spacial score (nSPS) is 26.1. The monoisotopic (exact) mass is 463 g/mol. The molecule has 1 saturated heterocycles. The fraction of sp³-hybridized carbons (Fsp3) is 0.500. The smallest absolute Gasteiger partial charge is 0.351 e. The molecular formula is C16H22N3O11P. The summed E-state index contributed by atoms with van der Waals surface area (Å²) >= 11 is 0. The zero-order valence-corrected chi connectivity index (χ0v) is 16.9. The van der Waals surface area contributed by atoms with Gasteiger partial charge in [-0.05, 0) is 12.5 Å². The average Bonchev–Trinajstić information content (AvgIpc) is 2.98. The van der Waals surface area contributed by atoms with E-state index in [4.69, 9.17) is 21.1 Å². The summed E-state index contributed by atoms with van der Waals surface area (Å²) in [5, 5.41) is 20.2. The maximum atomic E-state index is 12.2. The summed E-state index contributed by atoms with van der Waals surface area (Å²) in [5.41, 5.74) is 10.4. The third-order valence-electron chi connectivity index (χ3n) is 4.29. The van der Waals surface area contributed by atoms with Crippen LogP contribution < -0.4 is 20.9 Å². The van der Waals surface area contributed by atoms with Gasteiger partial charge >= 0.3 is 11.9 Å². The van der Waals surface area contributed by atoms with Crippen LogP contribution in [0, 0.1) is 0 Å². The van der Waals surface area contributed by atoms with Crippen molar-refractivity contribution in [3.8, 4) is 0 Å². The Morgan fingerprint density at radius 2 is 2.00 bits per heavy atom. The first-order valence-electron chi connectivity index (χ1n) is 8.89. The lowest BCUT2D eigenvalue weighted by molar-refractivity contribution is -0.765. The molecule has 1 fully saturated rings. The molecule has 0 saturated carbocycles. The van der Waals surface area contributed by atoms with Crippen LogP contribution in [-0.2, 0) is 28.2 Å². The van der Waals surface area contributed by atoms with Crippen LogP contribution in [0.2, 0.25) is 0 Å². The summed E-state index contributed by atoms with van der Waals surface area (Å²) in [6.07, 6.45) is -3.42. The number of hydrogen-bond donors (Lipinski definition) is 5. The van der Waals surface area contributed by atoms with Crippen molar-refractivity contribution in [3.63, 3.8) is 0 Å². The van der Waals surface area contributed by atoms with Crippen LogP contribution in [0.5, 0.6) is 0 Å². The molecule has 31 heavy (non-hydrogen) atoms. The standard InChI is InChI=1S/C16H22N3O11P/c17-9(3-4-11(18)20)16(24)30-15(23)8-2-1-5-19(6-8)14-13(22)12(21)10(29-14)7-28-31(25,26)27/h1-2,5-6,9-10,12-14,21-22H,3-4,7,17H2,(H3-,18,20,25,26,27)/t9-,10+,12+,13+,14+/m0/s1. The van der Waals surface area contributed by atoms with Gasteiger partial charge in [-0.15, -0.1) is 0 Å². The number of aromatic nitrogens is 1. The number of nitrogens with two attached hydrogens (primary N) is 2. The minimum atomic E-state index is -5.07. The molecule has 2 rings (SSSR count). The Balaban J connectivity index is 2.05. The van der Waals surface area contributed by atoms with Gasteiger partial charge in [0.25, 0.3) is 14.1 Å². The molecule has 1 unspecified atom stereocenters. The second-order valence-corrected chi connectivity index (χ2v) is 7.87. The van der Waals surface area contributed by atoms with E-state index in [9.17, 15) is 34.1 Å². The number of phosphoric ester groups is 1. The number of carbonyl (C=O) groups is 3. The number of aliphatic hydroxyl groups is 2. The van der Waals surface area contributed by atoms with E-state index in [1.165, 1.54) is 22.9 Å². The highest BCUT2D eigenvalue weighted by atomic mass is 31.2. The van der Waals surface area contributed by atoms with Crippen molar-refractivity contribution in [2.75, 3.05) is 6.61 Å². The van der Waals surface area contributed by atoms with Crippen LogP contribution in [0.25, 0.3) is 0 Å². The maximum Gasteiger partial charge on any atom is 0.351 e. The van der Waals surface area contributed by atoms with Crippen LogP contribution in [0.1, 0.15) is 29.4 Å². The molecule has 6 atom stereocenters. The van der Waals surface area contributed by atoms with E-state index >= 15 is 0 Å². The first-order valence-corrected chi connectivity index (χ1v) is 10.4. The Morgan fingerprint density at radius 1 is 1.32 bits per heavy atom. The molecule has 0 bridgehead atoms. The molecule has 2 heterocycles. The number of primary amides is 1. The zero-order chi connectivity index (χ0) is 23.3. The van der Waals surface area contributed by atoms with E-state index < -0.39 is 62.9 Å². The summed E-state index contributed by atoms with van der Waals surface area (Å²) < 4.78 is 26.1. The van der Waals surface area contributed by atoms with Crippen LogP contribution in [0.3, 0.4) is 0 Å². The first kappa shape index (κ1) is 25.0. The SMILES string of the molecule is NC(=O)CC[C@H](N)C(=O)OC(=O)c1ccc[n+]([C@@H]2O[C@H](COP(=O)([O-])O)[C@@H](O)[C@H]2O)c1. The third-order valence-corrected chi connectivity index (χ3v) is 4.76. The van der Waals surface area contributed by atoms with E-state index in [1.807, 2.05) is 0 Å². The van der Waals surface area contributed by atoms with Gasteiger partial charge in [0.2, 0.25) is 5.91 Å². The van der Waals surface area contributed by atoms with Crippen molar-refractivity contribution in [1.82, 2.24) is 0 Å². The number of rotatable bonds is 9. The van der Waals surface area contributed by atoms with Gasteiger partial charge in [0.05, 0.1) is 6.61 Å². The van der Waals surface area contributed by atoms with Crippen molar-refractivity contribution in [1.29, 1.82) is 0 Å². The highest BCUT2D eigenvalue weighted by Crippen LogP contribution is 2.33. The topological polar surface area (TPSA) is 236 Å². The molecule has 14 nitrogen and oxygen atoms in total. The van der Waals surface area contributed by atoms with Crippen LogP contribution >= 0.6 is 7.82 Å². The molecule has 0 aliphatic carbocycles. The summed E-state index contributed by atoms with van der Waals surface area (Å²) in [4.78, 5) is 54.2. The number of phosphoric acid groups is 1. The Hall–Kier alpha value is -2.29. The van der Waals surface area contributed by atoms with Crippen LogP contribution in [0.4, 0.5) is 0 Å². The van der Waals surface area contributed by atoms with Gasteiger partial charge in [-0.1, -0.05) is 0 Å². The van der Waals surface area contributed by atoms with Gasteiger partial charge in [0, 0.05) is 12.5 Å². The summed E-state index contributed by atoms with van der Waals surface area (Å²) in [7, 11) is -5.07. The predicted octanol–water partition coefficient (Wildman–Crippen LogP) is -3.65. The molecule has 7 N–H and O–H groups in total. The van der Waals surface area contributed by atoms with E-state index in [-0.39, 0.29) is 18.4 Å². The summed E-state index contributed by atoms with van der Waals surface area (Å²) in [6.45, 7) is -0.758. The fourth-order valence-electron chi connectivity index (χ4n) is 2.69. The number of pyridine rings is 1. The number of esters is 2. The van der Waals surface area contributed by atoms with Crippen molar-refractivity contribution in [2.45, 2.75) is 43.4 Å². The molecule has 1 amide bonds. The molecule has 0 aromatic carbocycles. The second kappa shape index (κ2) is 10.3. The average molecular weight is 463 g/mol. The number of ether oxygens (including phenoxy) is 2. The molecule has 1 aliphatic rings. The fourth-order valence-corrected chi connectivity index (χ4v) is 3.03. The van der Waals surface area contributed by atoms with Crippen molar-refractivity contribution >= 4 is 25.7 Å². The number of carbonyl (C=O) groups excluding carboxylic acids is 3. The predicted molar refractivity (Wildman–Crippen MR) is 95.2 cm³/mol. The van der Waals surface area contributed by atoms with Crippen LogP contribution in [0.15, 0.2) is 24.5 Å². The van der Waals surface area contributed by atoms with Gasteiger partial charge in [-0.25, -0.2) is 9.59 Å². The minimum absolute atomic E-state index is 0.107. The molecule has 1 aliphatic heterocycles.